The van der Waals surface area contributed by atoms with Crippen LogP contribution in [0, 0.1) is 21.4 Å². The maximum Gasteiger partial charge on any atom is 0.271 e. The van der Waals surface area contributed by atoms with Crippen molar-refractivity contribution in [2.24, 2.45) is 7.05 Å². The first-order valence-electron chi connectivity index (χ1n) is 6.42. The zero-order chi connectivity index (χ0) is 15.9. The molecular weight excluding hydrogens is 282 g/mol. The van der Waals surface area contributed by atoms with Crippen molar-refractivity contribution >= 4 is 22.4 Å². The predicted octanol–water partition coefficient (Wildman–Crippen LogP) is 2.60. The monoisotopic (exact) mass is 293 g/mol. The van der Waals surface area contributed by atoms with Crippen molar-refractivity contribution in [3.8, 4) is 17.5 Å². The van der Waals surface area contributed by atoms with Crippen LogP contribution in [0.15, 0.2) is 36.4 Å². The molecule has 3 aromatic rings. The van der Waals surface area contributed by atoms with Gasteiger partial charge in [-0.3, -0.25) is 10.1 Å². The van der Waals surface area contributed by atoms with Crippen LogP contribution in [0.5, 0.6) is 0 Å². The molecular formula is C15H11N5O2. The molecule has 0 saturated heterocycles. The smallest absolute Gasteiger partial charge is 0.271 e. The van der Waals surface area contributed by atoms with Gasteiger partial charge in [0.25, 0.3) is 5.69 Å². The molecule has 0 saturated carbocycles. The fraction of sp³-hybridized carbons (Fsp3) is 0.0667. The summed E-state index contributed by atoms with van der Waals surface area (Å²) in [6.45, 7) is 0. The Kier molecular flexibility index (Phi) is 3.00. The molecule has 0 unspecified atom stereocenters. The average Bonchev–Trinajstić information content (AvgIpc) is 2.83. The average molecular weight is 293 g/mol. The standard InChI is InChI=1S/C15H11N5O2/c1-19-14-5-4-11(20(21)22)7-13(14)18-15(19)9-2-3-10(8-16)12(17)6-9/h2-7H,17H2,1H3. The molecule has 1 aromatic heterocycles. The van der Waals surface area contributed by atoms with E-state index in [1.807, 2.05) is 17.7 Å². The molecule has 0 aliphatic heterocycles. The quantitative estimate of drug-likeness (QED) is 0.443. The third-order valence-electron chi connectivity index (χ3n) is 3.51. The van der Waals surface area contributed by atoms with E-state index in [9.17, 15) is 10.1 Å². The summed E-state index contributed by atoms with van der Waals surface area (Å²) in [7, 11) is 1.82. The summed E-state index contributed by atoms with van der Waals surface area (Å²) in [4.78, 5) is 14.8. The Morgan fingerprint density at radius 3 is 2.73 bits per heavy atom. The molecule has 7 nitrogen and oxygen atoms in total. The van der Waals surface area contributed by atoms with Crippen LogP contribution in [0.2, 0.25) is 0 Å². The number of aryl methyl sites for hydroxylation is 1. The number of nitrogens with zero attached hydrogens (tertiary/aromatic N) is 4. The Labute approximate surface area is 125 Å². The number of benzene rings is 2. The highest BCUT2D eigenvalue weighted by Gasteiger charge is 2.14. The van der Waals surface area contributed by atoms with E-state index in [1.54, 1.807) is 24.3 Å². The Hall–Kier alpha value is -3.40. The van der Waals surface area contributed by atoms with E-state index in [0.29, 0.717) is 22.6 Å². The number of anilines is 1. The van der Waals surface area contributed by atoms with Gasteiger partial charge in [-0.05, 0) is 24.3 Å². The fourth-order valence-corrected chi connectivity index (χ4v) is 2.36. The fourth-order valence-electron chi connectivity index (χ4n) is 2.36. The van der Waals surface area contributed by atoms with Crippen LogP contribution in [0.4, 0.5) is 11.4 Å². The molecule has 2 N–H and O–H groups in total. The maximum atomic E-state index is 10.8. The largest absolute Gasteiger partial charge is 0.398 e. The van der Waals surface area contributed by atoms with E-state index in [2.05, 4.69) is 4.98 Å². The Morgan fingerprint density at radius 1 is 1.32 bits per heavy atom. The van der Waals surface area contributed by atoms with Crippen molar-refractivity contribution in [2.75, 3.05) is 5.73 Å². The van der Waals surface area contributed by atoms with Crippen molar-refractivity contribution < 1.29 is 4.92 Å². The molecule has 22 heavy (non-hydrogen) atoms. The van der Waals surface area contributed by atoms with Crippen molar-refractivity contribution in [3.63, 3.8) is 0 Å². The second-order valence-electron chi connectivity index (χ2n) is 4.84. The second kappa shape index (κ2) is 4.86. The number of hydrogen-bond acceptors (Lipinski definition) is 5. The van der Waals surface area contributed by atoms with Gasteiger partial charge in [-0.2, -0.15) is 5.26 Å². The van der Waals surface area contributed by atoms with Crippen molar-refractivity contribution in [1.82, 2.24) is 9.55 Å². The number of nitrogen functional groups attached to an aromatic ring is 1. The van der Waals surface area contributed by atoms with Gasteiger partial charge in [-0.15, -0.1) is 0 Å². The Bertz CT molecular complexity index is 952. The lowest BCUT2D eigenvalue weighted by molar-refractivity contribution is -0.384. The molecule has 108 valence electrons. The molecule has 0 bridgehead atoms. The number of nitrogens with two attached hydrogens (primary N) is 1. The minimum absolute atomic E-state index is 0.00325. The third kappa shape index (κ3) is 2.03. The van der Waals surface area contributed by atoms with Gasteiger partial charge in [0.2, 0.25) is 0 Å². The van der Waals surface area contributed by atoms with Crippen LogP contribution >= 0.6 is 0 Å². The highest BCUT2D eigenvalue weighted by Crippen LogP contribution is 2.28. The molecule has 0 spiro atoms. The molecule has 0 amide bonds. The Morgan fingerprint density at radius 2 is 2.09 bits per heavy atom. The van der Waals surface area contributed by atoms with E-state index >= 15 is 0 Å². The zero-order valence-electron chi connectivity index (χ0n) is 11.6. The van der Waals surface area contributed by atoms with Gasteiger partial charge in [0.05, 0.1) is 27.2 Å². The number of nitro groups is 1. The number of nitriles is 1. The summed E-state index contributed by atoms with van der Waals surface area (Å²) in [5, 5.41) is 19.8. The molecule has 1 heterocycles. The van der Waals surface area contributed by atoms with Gasteiger partial charge in [-0.25, -0.2) is 4.98 Å². The molecule has 0 radical (unpaired) electrons. The van der Waals surface area contributed by atoms with Crippen LogP contribution in [-0.2, 0) is 7.05 Å². The molecule has 7 heteroatoms. The molecule has 0 atom stereocenters. The van der Waals surface area contributed by atoms with Crippen molar-refractivity contribution in [1.29, 1.82) is 5.26 Å². The highest BCUT2D eigenvalue weighted by atomic mass is 16.6. The number of imidazole rings is 1. The molecule has 0 aliphatic carbocycles. The normalized spacial score (nSPS) is 10.5. The number of nitro benzene ring substituents is 1. The van der Waals surface area contributed by atoms with E-state index < -0.39 is 4.92 Å². The molecule has 2 aromatic carbocycles. The lowest BCUT2D eigenvalue weighted by Gasteiger charge is -2.04. The van der Waals surface area contributed by atoms with Crippen LogP contribution in [0.25, 0.3) is 22.4 Å². The first-order valence-corrected chi connectivity index (χ1v) is 6.42. The number of non-ortho nitro benzene ring substituents is 1. The summed E-state index contributed by atoms with van der Waals surface area (Å²) >= 11 is 0. The van der Waals surface area contributed by atoms with Gasteiger partial charge in [0.15, 0.2) is 0 Å². The second-order valence-corrected chi connectivity index (χ2v) is 4.84. The van der Waals surface area contributed by atoms with Gasteiger partial charge >= 0.3 is 0 Å². The molecule has 0 fully saturated rings. The van der Waals surface area contributed by atoms with Crippen molar-refractivity contribution in [2.45, 2.75) is 0 Å². The zero-order valence-corrected chi connectivity index (χ0v) is 11.6. The minimum atomic E-state index is -0.451. The van der Waals surface area contributed by atoms with Gasteiger partial charge < -0.3 is 10.3 Å². The van der Waals surface area contributed by atoms with Crippen LogP contribution in [0.3, 0.4) is 0 Å². The van der Waals surface area contributed by atoms with E-state index in [0.717, 1.165) is 11.1 Å². The van der Waals surface area contributed by atoms with Crippen LogP contribution < -0.4 is 5.73 Å². The van der Waals surface area contributed by atoms with Crippen molar-refractivity contribution in [3.05, 3.63) is 52.1 Å². The first kappa shape index (κ1) is 13.6. The SMILES string of the molecule is Cn1c(-c2ccc(C#N)c(N)c2)nc2cc([N+](=O)[O-])ccc21. The summed E-state index contributed by atoms with van der Waals surface area (Å²) in [6.07, 6.45) is 0. The number of aromatic nitrogens is 2. The summed E-state index contributed by atoms with van der Waals surface area (Å²) in [6, 6.07) is 11.6. The maximum absolute atomic E-state index is 10.8. The summed E-state index contributed by atoms with van der Waals surface area (Å²) in [5.41, 5.74) is 8.67. The van der Waals surface area contributed by atoms with Gasteiger partial charge in [0, 0.05) is 24.7 Å². The number of fused-ring (bicyclic) bond motifs is 1. The molecule has 3 rings (SSSR count). The topological polar surface area (TPSA) is 111 Å². The molecule has 0 aliphatic rings. The number of rotatable bonds is 2. The Balaban J connectivity index is 2.19. The van der Waals surface area contributed by atoms with E-state index in [4.69, 9.17) is 11.0 Å². The summed E-state index contributed by atoms with van der Waals surface area (Å²) in [5.74, 6) is 0.631. The van der Waals surface area contributed by atoms with E-state index in [1.165, 1.54) is 12.1 Å². The van der Waals surface area contributed by atoms with Crippen LogP contribution in [0.1, 0.15) is 5.56 Å². The predicted molar refractivity (Wildman–Crippen MR) is 81.9 cm³/mol. The first-order chi connectivity index (χ1) is 10.5. The summed E-state index contributed by atoms with van der Waals surface area (Å²) < 4.78 is 1.83. The lowest BCUT2D eigenvalue weighted by atomic mass is 10.1. The lowest BCUT2D eigenvalue weighted by Crippen LogP contribution is -1.95. The van der Waals surface area contributed by atoms with Crippen LogP contribution in [-0.4, -0.2) is 14.5 Å². The van der Waals surface area contributed by atoms with Gasteiger partial charge in [-0.1, -0.05) is 0 Å². The van der Waals surface area contributed by atoms with Gasteiger partial charge in [0.1, 0.15) is 11.9 Å². The minimum Gasteiger partial charge on any atom is -0.398 e. The number of hydrogen-bond donors (Lipinski definition) is 1. The third-order valence-corrected chi connectivity index (χ3v) is 3.51. The highest BCUT2D eigenvalue weighted by molar-refractivity contribution is 5.83. The van der Waals surface area contributed by atoms with E-state index in [-0.39, 0.29) is 5.69 Å².